The van der Waals surface area contributed by atoms with Gasteiger partial charge in [0.15, 0.2) is 0 Å². The summed E-state index contributed by atoms with van der Waals surface area (Å²) < 4.78 is 0. The van der Waals surface area contributed by atoms with Crippen LogP contribution < -0.4 is 10.7 Å². The van der Waals surface area contributed by atoms with Gasteiger partial charge in [0.05, 0.1) is 6.21 Å². The highest BCUT2D eigenvalue weighted by Crippen LogP contribution is 2.09. The average Bonchev–Trinajstić information content (AvgIpc) is 2.68. The lowest BCUT2D eigenvalue weighted by Crippen LogP contribution is -2.17. The molecule has 3 rings (SSSR count). The van der Waals surface area contributed by atoms with E-state index < -0.39 is 0 Å². The minimum absolute atomic E-state index is 0.243. The highest BCUT2D eigenvalue weighted by molar-refractivity contribution is 5.94. The van der Waals surface area contributed by atoms with Crippen molar-refractivity contribution in [1.29, 1.82) is 0 Å². The Morgan fingerprint density at radius 3 is 2.40 bits per heavy atom. The number of amides is 1. The van der Waals surface area contributed by atoms with E-state index in [9.17, 15) is 4.79 Å². The highest BCUT2D eigenvalue weighted by Gasteiger charge is 2.04. The van der Waals surface area contributed by atoms with E-state index in [4.69, 9.17) is 0 Å². The molecule has 0 spiro atoms. The summed E-state index contributed by atoms with van der Waals surface area (Å²) >= 11 is 0. The molecule has 0 aliphatic heterocycles. The minimum atomic E-state index is -0.243. The summed E-state index contributed by atoms with van der Waals surface area (Å²) in [6.45, 7) is 0.701. The van der Waals surface area contributed by atoms with Crippen LogP contribution in [-0.2, 0) is 6.54 Å². The average molecular weight is 330 g/mol. The van der Waals surface area contributed by atoms with Gasteiger partial charge in [-0.25, -0.2) is 5.43 Å². The van der Waals surface area contributed by atoms with E-state index in [1.54, 1.807) is 30.7 Å². The molecular formula is C20H18N4O. The number of hydrogen-bond donors (Lipinski definition) is 2. The Morgan fingerprint density at radius 2 is 1.68 bits per heavy atom. The molecular weight excluding hydrogens is 312 g/mol. The first-order valence-corrected chi connectivity index (χ1v) is 7.92. The summed E-state index contributed by atoms with van der Waals surface area (Å²) in [6, 6.07) is 21.0. The standard InChI is InChI=1S/C20H18N4O/c25-20(24-23-15-17-10-12-21-13-11-17)18-8-6-16(7-9-18)14-22-19-4-2-1-3-5-19/h1-13,15,22H,14H2,(H,24,25)/b23-15+. The predicted molar refractivity (Wildman–Crippen MR) is 99.5 cm³/mol. The third-order valence-electron chi connectivity index (χ3n) is 3.57. The van der Waals surface area contributed by atoms with Crippen LogP contribution in [0, 0.1) is 0 Å². The lowest BCUT2D eigenvalue weighted by molar-refractivity contribution is 0.0955. The van der Waals surface area contributed by atoms with Crippen molar-refractivity contribution in [3.63, 3.8) is 0 Å². The van der Waals surface area contributed by atoms with Crippen LogP contribution in [-0.4, -0.2) is 17.1 Å². The third-order valence-corrected chi connectivity index (χ3v) is 3.57. The number of nitrogens with one attached hydrogen (secondary N) is 2. The number of benzene rings is 2. The number of carbonyl (C=O) groups is 1. The second-order valence-corrected chi connectivity index (χ2v) is 5.40. The molecule has 0 unspecified atom stereocenters. The molecule has 0 aliphatic carbocycles. The van der Waals surface area contributed by atoms with Gasteiger partial charge in [0.2, 0.25) is 0 Å². The molecule has 0 aliphatic rings. The zero-order valence-corrected chi connectivity index (χ0v) is 13.6. The van der Waals surface area contributed by atoms with Crippen LogP contribution in [0.4, 0.5) is 5.69 Å². The molecule has 0 saturated heterocycles. The van der Waals surface area contributed by atoms with Gasteiger partial charge < -0.3 is 5.32 Å². The van der Waals surface area contributed by atoms with Crippen molar-refractivity contribution in [3.8, 4) is 0 Å². The zero-order valence-electron chi connectivity index (χ0n) is 13.6. The Labute approximate surface area is 146 Å². The molecule has 124 valence electrons. The van der Waals surface area contributed by atoms with Crippen LogP contribution in [0.1, 0.15) is 21.5 Å². The summed E-state index contributed by atoms with van der Waals surface area (Å²) in [5.41, 5.74) is 6.12. The smallest absolute Gasteiger partial charge is 0.271 e. The largest absolute Gasteiger partial charge is 0.381 e. The van der Waals surface area contributed by atoms with Crippen molar-refractivity contribution in [2.24, 2.45) is 5.10 Å². The van der Waals surface area contributed by atoms with E-state index in [0.717, 1.165) is 16.8 Å². The summed E-state index contributed by atoms with van der Waals surface area (Å²) in [5, 5.41) is 7.28. The maximum absolute atomic E-state index is 12.1. The van der Waals surface area contributed by atoms with Crippen LogP contribution >= 0.6 is 0 Å². The second-order valence-electron chi connectivity index (χ2n) is 5.40. The highest BCUT2D eigenvalue weighted by atomic mass is 16.2. The molecule has 25 heavy (non-hydrogen) atoms. The number of para-hydroxylation sites is 1. The molecule has 2 aromatic carbocycles. The van der Waals surface area contributed by atoms with E-state index >= 15 is 0 Å². The summed E-state index contributed by atoms with van der Waals surface area (Å²) in [4.78, 5) is 16.0. The van der Waals surface area contributed by atoms with Gasteiger partial charge in [-0.15, -0.1) is 0 Å². The fraction of sp³-hybridized carbons (Fsp3) is 0.0500. The second kappa shape index (κ2) is 8.40. The number of hydrogen-bond acceptors (Lipinski definition) is 4. The molecule has 2 N–H and O–H groups in total. The fourth-order valence-electron chi connectivity index (χ4n) is 2.21. The monoisotopic (exact) mass is 330 g/mol. The fourth-order valence-corrected chi connectivity index (χ4v) is 2.21. The van der Waals surface area contributed by atoms with Gasteiger partial charge >= 0.3 is 0 Å². The lowest BCUT2D eigenvalue weighted by Gasteiger charge is -2.07. The Kier molecular flexibility index (Phi) is 5.51. The molecule has 1 heterocycles. The number of carbonyl (C=O) groups excluding carboxylic acids is 1. The molecule has 0 atom stereocenters. The van der Waals surface area contributed by atoms with Crippen molar-refractivity contribution < 1.29 is 4.79 Å². The van der Waals surface area contributed by atoms with Crippen LogP contribution in [0.3, 0.4) is 0 Å². The minimum Gasteiger partial charge on any atom is -0.381 e. The van der Waals surface area contributed by atoms with Crippen molar-refractivity contribution >= 4 is 17.8 Å². The SMILES string of the molecule is O=C(N/N=C/c1ccncc1)c1ccc(CNc2ccccc2)cc1. The Balaban J connectivity index is 1.52. The van der Waals surface area contributed by atoms with Gasteiger partial charge in [0.1, 0.15) is 0 Å². The molecule has 0 saturated carbocycles. The maximum Gasteiger partial charge on any atom is 0.271 e. The van der Waals surface area contributed by atoms with Crippen molar-refractivity contribution in [2.45, 2.75) is 6.54 Å². The van der Waals surface area contributed by atoms with E-state index in [-0.39, 0.29) is 5.91 Å². The van der Waals surface area contributed by atoms with E-state index in [1.807, 2.05) is 54.6 Å². The van der Waals surface area contributed by atoms with Gasteiger partial charge in [-0.05, 0) is 47.5 Å². The number of anilines is 1. The number of pyridine rings is 1. The van der Waals surface area contributed by atoms with E-state index in [0.29, 0.717) is 12.1 Å². The molecule has 5 heteroatoms. The number of hydrazone groups is 1. The molecule has 0 radical (unpaired) electrons. The van der Waals surface area contributed by atoms with Gasteiger partial charge in [0.25, 0.3) is 5.91 Å². The predicted octanol–water partition coefficient (Wildman–Crippen LogP) is 3.46. The van der Waals surface area contributed by atoms with Gasteiger partial charge in [-0.1, -0.05) is 30.3 Å². The number of rotatable bonds is 6. The van der Waals surface area contributed by atoms with Gasteiger partial charge in [-0.2, -0.15) is 5.10 Å². The van der Waals surface area contributed by atoms with Crippen LogP contribution in [0.5, 0.6) is 0 Å². The maximum atomic E-state index is 12.1. The van der Waals surface area contributed by atoms with E-state index in [1.165, 1.54) is 0 Å². The Morgan fingerprint density at radius 1 is 0.960 bits per heavy atom. The van der Waals surface area contributed by atoms with Gasteiger partial charge in [0, 0.05) is 30.2 Å². The Bertz CT molecular complexity index is 831. The Hall–Kier alpha value is -3.47. The first kappa shape index (κ1) is 16.4. The van der Waals surface area contributed by atoms with E-state index in [2.05, 4.69) is 20.8 Å². The first-order chi connectivity index (χ1) is 12.3. The van der Waals surface area contributed by atoms with Crippen molar-refractivity contribution in [1.82, 2.24) is 10.4 Å². The molecule has 1 amide bonds. The van der Waals surface area contributed by atoms with Crippen LogP contribution in [0.2, 0.25) is 0 Å². The summed E-state index contributed by atoms with van der Waals surface area (Å²) in [7, 11) is 0. The topological polar surface area (TPSA) is 66.4 Å². The zero-order chi connectivity index (χ0) is 17.3. The van der Waals surface area contributed by atoms with Crippen LogP contribution in [0.15, 0.2) is 84.2 Å². The molecule has 0 bridgehead atoms. The molecule has 5 nitrogen and oxygen atoms in total. The first-order valence-electron chi connectivity index (χ1n) is 7.92. The number of nitrogens with zero attached hydrogens (tertiary/aromatic N) is 2. The normalized spacial score (nSPS) is 10.6. The molecule has 1 aromatic heterocycles. The summed E-state index contributed by atoms with van der Waals surface area (Å²) in [6.07, 6.45) is 4.93. The van der Waals surface area contributed by atoms with Crippen LogP contribution in [0.25, 0.3) is 0 Å². The number of aromatic nitrogens is 1. The van der Waals surface area contributed by atoms with Crippen molar-refractivity contribution in [3.05, 3.63) is 95.8 Å². The third kappa shape index (κ3) is 5.00. The summed E-state index contributed by atoms with van der Waals surface area (Å²) in [5.74, 6) is -0.243. The molecule has 0 fully saturated rings. The van der Waals surface area contributed by atoms with Crippen molar-refractivity contribution in [2.75, 3.05) is 5.32 Å². The van der Waals surface area contributed by atoms with Gasteiger partial charge in [-0.3, -0.25) is 9.78 Å². The lowest BCUT2D eigenvalue weighted by atomic mass is 10.1. The quantitative estimate of drug-likeness (QED) is 0.537. The molecule has 3 aromatic rings.